The summed E-state index contributed by atoms with van der Waals surface area (Å²) in [5.41, 5.74) is 1.40. The molecule has 2 N–H and O–H groups in total. The number of nitrogens with zero attached hydrogens (tertiary/aromatic N) is 1. The van der Waals surface area contributed by atoms with Gasteiger partial charge in [0.05, 0.1) is 18.2 Å². The molecule has 3 aromatic rings. The number of hydrogen-bond acceptors (Lipinski definition) is 6. The van der Waals surface area contributed by atoms with Crippen molar-refractivity contribution in [3.63, 3.8) is 0 Å². The number of rotatable bonds is 8. The molecule has 0 fully saturated rings. The predicted octanol–water partition coefficient (Wildman–Crippen LogP) is 4.15. The van der Waals surface area contributed by atoms with Gasteiger partial charge in [-0.05, 0) is 42.3 Å². The molecule has 31 heavy (non-hydrogen) atoms. The fraction of sp³-hybridized carbons (Fsp3) is 0.261. The molecule has 2 aromatic carbocycles. The molecular formula is C23H23ClN2O5. The SMILES string of the molecule is CCCC(=O)NC(c1cccc(OCC(=O)OC)c1)c1cc(Cl)c2cccnc2c1O. The Morgan fingerprint density at radius 2 is 2.03 bits per heavy atom. The number of methoxy groups -OCH3 is 1. The number of pyridine rings is 1. The molecule has 1 heterocycles. The molecule has 1 unspecified atom stereocenters. The first-order valence-corrected chi connectivity index (χ1v) is 10.2. The molecule has 0 bridgehead atoms. The number of phenolic OH excluding ortho intramolecular Hbond substituents is 1. The normalized spacial score (nSPS) is 11.7. The van der Waals surface area contributed by atoms with Crippen LogP contribution < -0.4 is 10.1 Å². The van der Waals surface area contributed by atoms with E-state index >= 15 is 0 Å². The third-order valence-corrected chi connectivity index (χ3v) is 5.03. The molecule has 0 aliphatic heterocycles. The van der Waals surface area contributed by atoms with E-state index in [1.807, 2.05) is 6.92 Å². The minimum Gasteiger partial charge on any atom is -0.505 e. The molecule has 0 spiro atoms. The van der Waals surface area contributed by atoms with Crippen molar-refractivity contribution in [2.24, 2.45) is 0 Å². The van der Waals surface area contributed by atoms with Crippen molar-refractivity contribution in [2.75, 3.05) is 13.7 Å². The molecule has 8 heteroatoms. The van der Waals surface area contributed by atoms with Gasteiger partial charge >= 0.3 is 5.97 Å². The van der Waals surface area contributed by atoms with Gasteiger partial charge in [0.25, 0.3) is 0 Å². The summed E-state index contributed by atoms with van der Waals surface area (Å²) in [5.74, 6) is -0.335. The molecule has 0 saturated carbocycles. The van der Waals surface area contributed by atoms with Crippen LogP contribution in [0, 0.1) is 0 Å². The topological polar surface area (TPSA) is 97.8 Å². The van der Waals surface area contributed by atoms with Gasteiger partial charge in [0.1, 0.15) is 17.0 Å². The molecule has 0 radical (unpaired) electrons. The maximum atomic E-state index is 12.5. The number of ether oxygens (including phenoxy) is 2. The van der Waals surface area contributed by atoms with Gasteiger partial charge in [-0.2, -0.15) is 0 Å². The first kappa shape index (κ1) is 22.4. The standard InChI is InChI=1S/C23H23ClN2O5/c1-3-6-19(27)26-21(14-7-4-8-15(11-14)31-13-20(28)30-2)17-12-18(24)16-9-5-10-25-22(16)23(17)29/h4-5,7-12,21,29H,3,6,13H2,1-2H3,(H,26,27). The Morgan fingerprint density at radius 3 is 2.77 bits per heavy atom. The number of nitrogens with one attached hydrogen (secondary N) is 1. The van der Waals surface area contributed by atoms with E-state index in [2.05, 4.69) is 15.0 Å². The van der Waals surface area contributed by atoms with E-state index in [0.717, 1.165) is 0 Å². The zero-order valence-corrected chi connectivity index (χ0v) is 18.0. The second kappa shape index (κ2) is 10.1. The largest absolute Gasteiger partial charge is 0.505 e. The van der Waals surface area contributed by atoms with Crippen LogP contribution in [0.15, 0.2) is 48.7 Å². The van der Waals surface area contributed by atoms with Crippen LogP contribution in [0.5, 0.6) is 11.5 Å². The van der Waals surface area contributed by atoms with Crippen LogP contribution in [-0.4, -0.2) is 35.7 Å². The zero-order chi connectivity index (χ0) is 22.4. The minimum atomic E-state index is -0.704. The van der Waals surface area contributed by atoms with Crippen LogP contribution in [0.3, 0.4) is 0 Å². The van der Waals surface area contributed by atoms with Crippen molar-refractivity contribution in [1.82, 2.24) is 10.3 Å². The monoisotopic (exact) mass is 442 g/mol. The lowest BCUT2D eigenvalue weighted by atomic mass is 9.95. The van der Waals surface area contributed by atoms with Crippen molar-refractivity contribution in [1.29, 1.82) is 0 Å². The van der Waals surface area contributed by atoms with Crippen LogP contribution in [0.25, 0.3) is 10.9 Å². The molecule has 3 rings (SSSR count). The van der Waals surface area contributed by atoms with E-state index in [1.54, 1.807) is 48.7 Å². The molecule has 0 aliphatic rings. The van der Waals surface area contributed by atoms with Gasteiger partial charge < -0.3 is 19.9 Å². The Kier molecular flexibility index (Phi) is 7.31. The highest BCUT2D eigenvalue weighted by atomic mass is 35.5. The van der Waals surface area contributed by atoms with E-state index in [4.69, 9.17) is 16.3 Å². The second-order valence-corrected chi connectivity index (χ2v) is 7.29. The number of carbonyl (C=O) groups excluding carboxylic acids is 2. The Bertz CT molecular complexity index is 1100. The number of phenols is 1. The van der Waals surface area contributed by atoms with Gasteiger partial charge in [0.2, 0.25) is 5.91 Å². The van der Waals surface area contributed by atoms with Crippen LogP contribution in [0.1, 0.15) is 36.9 Å². The van der Waals surface area contributed by atoms with Gasteiger partial charge in [-0.1, -0.05) is 30.7 Å². The average molecular weight is 443 g/mol. The van der Waals surface area contributed by atoms with E-state index < -0.39 is 12.0 Å². The van der Waals surface area contributed by atoms with Crippen molar-refractivity contribution in [3.05, 3.63) is 64.8 Å². The summed E-state index contributed by atoms with van der Waals surface area (Å²) in [4.78, 5) is 28.1. The summed E-state index contributed by atoms with van der Waals surface area (Å²) < 4.78 is 10.1. The summed E-state index contributed by atoms with van der Waals surface area (Å²) in [6.07, 6.45) is 2.57. The summed E-state index contributed by atoms with van der Waals surface area (Å²) in [6, 6.07) is 11.3. The number of benzene rings is 2. The zero-order valence-electron chi connectivity index (χ0n) is 17.2. The van der Waals surface area contributed by atoms with Gasteiger partial charge in [-0.15, -0.1) is 0 Å². The smallest absolute Gasteiger partial charge is 0.343 e. The van der Waals surface area contributed by atoms with Crippen LogP contribution in [0.4, 0.5) is 0 Å². The maximum absolute atomic E-state index is 12.5. The molecule has 0 aliphatic carbocycles. The van der Waals surface area contributed by atoms with E-state index in [0.29, 0.717) is 45.6 Å². The average Bonchev–Trinajstić information content (AvgIpc) is 2.79. The quantitative estimate of drug-likeness (QED) is 0.508. The Balaban J connectivity index is 2.06. The Labute approximate surface area is 185 Å². The number of fused-ring (bicyclic) bond motifs is 1. The van der Waals surface area contributed by atoms with Crippen LogP contribution in [0.2, 0.25) is 5.02 Å². The molecular weight excluding hydrogens is 420 g/mol. The summed E-state index contributed by atoms with van der Waals surface area (Å²) in [7, 11) is 1.28. The first-order valence-electron chi connectivity index (χ1n) is 9.79. The highest BCUT2D eigenvalue weighted by molar-refractivity contribution is 6.35. The van der Waals surface area contributed by atoms with E-state index in [-0.39, 0.29) is 18.3 Å². The molecule has 7 nitrogen and oxygen atoms in total. The number of esters is 1. The number of hydrogen-bond donors (Lipinski definition) is 2. The third kappa shape index (κ3) is 5.24. The molecule has 1 amide bonds. The summed E-state index contributed by atoms with van der Waals surface area (Å²) in [6.45, 7) is 1.66. The lowest BCUT2D eigenvalue weighted by Crippen LogP contribution is -2.29. The lowest BCUT2D eigenvalue weighted by molar-refractivity contribution is -0.142. The van der Waals surface area contributed by atoms with Crippen molar-refractivity contribution >= 4 is 34.4 Å². The highest BCUT2D eigenvalue weighted by Crippen LogP contribution is 2.39. The molecule has 1 aromatic heterocycles. The van der Waals surface area contributed by atoms with Crippen molar-refractivity contribution in [2.45, 2.75) is 25.8 Å². The fourth-order valence-corrected chi connectivity index (χ4v) is 3.48. The Hall–Kier alpha value is -3.32. The minimum absolute atomic E-state index is 0.0670. The van der Waals surface area contributed by atoms with Crippen molar-refractivity contribution < 1.29 is 24.2 Å². The number of amides is 1. The maximum Gasteiger partial charge on any atom is 0.343 e. The number of aromatic nitrogens is 1. The predicted molar refractivity (Wildman–Crippen MR) is 117 cm³/mol. The van der Waals surface area contributed by atoms with Crippen molar-refractivity contribution in [3.8, 4) is 11.5 Å². The second-order valence-electron chi connectivity index (χ2n) is 6.88. The van der Waals surface area contributed by atoms with Gasteiger partial charge in [0.15, 0.2) is 6.61 Å². The lowest BCUT2D eigenvalue weighted by Gasteiger charge is -2.22. The van der Waals surface area contributed by atoms with Gasteiger partial charge in [-0.3, -0.25) is 9.78 Å². The molecule has 0 saturated heterocycles. The Morgan fingerprint density at radius 1 is 1.23 bits per heavy atom. The number of carbonyl (C=O) groups is 2. The van der Waals surface area contributed by atoms with E-state index in [1.165, 1.54) is 7.11 Å². The van der Waals surface area contributed by atoms with E-state index in [9.17, 15) is 14.7 Å². The molecule has 1 atom stereocenters. The van der Waals surface area contributed by atoms with Crippen LogP contribution >= 0.6 is 11.6 Å². The van der Waals surface area contributed by atoms with Gasteiger partial charge in [-0.25, -0.2) is 4.79 Å². The summed E-state index contributed by atoms with van der Waals surface area (Å²) in [5, 5.41) is 14.9. The number of halogens is 1. The third-order valence-electron chi connectivity index (χ3n) is 4.71. The highest BCUT2D eigenvalue weighted by Gasteiger charge is 2.23. The van der Waals surface area contributed by atoms with Crippen LogP contribution in [-0.2, 0) is 14.3 Å². The fourth-order valence-electron chi connectivity index (χ4n) is 3.21. The first-order chi connectivity index (χ1) is 14.9. The number of aromatic hydroxyl groups is 1. The molecule has 162 valence electrons. The summed E-state index contributed by atoms with van der Waals surface area (Å²) >= 11 is 6.46. The van der Waals surface area contributed by atoms with Gasteiger partial charge in [0, 0.05) is 23.6 Å².